The van der Waals surface area contributed by atoms with Gasteiger partial charge in [0.05, 0.1) is 6.42 Å². The Morgan fingerprint density at radius 2 is 2.25 bits per heavy atom. The van der Waals surface area contributed by atoms with Crippen molar-refractivity contribution in [1.29, 1.82) is 0 Å². The molecular formula is C11H14N2O2S. The van der Waals surface area contributed by atoms with Crippen molar-refractivity contribution in [3.8, 4) is 0 Å². The van der Waals surface area contributed by atoms with Gasteiger partial charge in [0.2, 0.25) is 0 Å². The van der Waals surface area contributed by atoms with Gasteiger partial charge < -0.3 is 10.8 Å². The molecule has 0 saturated carbocycles. The molecule has 5 heteroatoms. The lowest BCUT2D eigenvalue weighted by Crippen LogP contribution is -2.32. The fourth-order valence-corrected chi connectivity index (χ4v) is 3.58. The third-order valence-corrected chi connectivity index (χ3v) is 4.42. The Kier molecular flexibility index (Phi) is 3.46. The molecule has 1 aromatic heterocycles. The molecule has 3 N–H and O–H groups in total. The van der Waals surface area contributed by atoms with Crippen LogP contribution in [0.3, 0.4) is 0 Å². The highest BCUT2D eigenvalue weighted by Gasteiger charge is 2.35. The van der Waals surface area contributed by atoms with Crippen molar-refractivity contribution in [2.45, 2.75) is 17.7 Å². The maximum atomic E-state index is 10.7. The van der Waals surface area contributed by atoms with E-state index < -0.39 is 5.97 Å². The van der Waals surface area contributed by atoms with E-state index in [4.69, 9.17) is 10.8 Å². The summed E-state index contributed by atoms with van der Waals surface area (Å²) in [6, 6.07) is 3.81. The Balaban J connectivity index is 2.07. The van der Waals surface area contributed by atoms with E-state index in [1.165, 1.54) is 0 Å². The van der Waals surface area contributed by atoms with Gasteiger partial charge in [0.1, 0.15) is 0 Å². The monoisotopic (exact) mass is 238 g/mol. The lowest BCUT2D eigenvalue weighted by molar-refractivity contribution is -0.138. The van der Waals surface area contributed by atoms with Crippen molar-refractivity contribution < 1.29 is 9.90 Å². The van der Waals surface area contributed by atoms with E-state index in [0.717, 1.165) is 11.3 Å². The van der Waals surface area contributed by atoms with Crippen LogP contribution < -0.4 is 5.73 Å². The van der Waals surface area contributed by atoms with E-state index in [2.05, 4.69) is 4.98 Å². The maximum absolute atomic E-state index is 10.7. The largest absolute Gasteiger partial charge is 0.481 e. The minimum absolute atomic E-state index is 0.0701. The van der Waals surface area contributed by atoms with Gasteiger partial charge in [-0.3, -0.25) is 9.78 Å². The molecule has 0 aromatic carbocycles. The number of hydrogen-bond donors (Lipinski definition) is 2. The van der Waals surface area contributed by atoms with Gasteiger partial charge in [-0.1, -0.05) is 0 Å². The Bertz CT molecular complexity index is 372. The van der Waals surface area contributed by atoms with Gasteiger partial charge in [-0.2, -0.15) is 11.8 Å². The zero-order valence-electron chi connectivity index (χ0n) is 8.74. The molecule has 1 saturated heterocycles. The molecule has 1 aliphatic rings. The first-order chi connectivity index (χ1) is 7.68. The van der Waals surface area contributed by atoms with Gasteiger partial charge in [0, 0.05) is 23.7 Å². The Morgan fingerprint density at radius 3 is 2.88 bits per heavy atom. The Morgan fingerprint density at radius 1 is 1.56 bits per heavy atom. The summed E-state index contributed by atoms with van der Waals surface area (Å²) in [6.45, 7) is 0. The predicted molar refractivity (Wildman–Crippen MR) is 63.2 cm³/mol. The number of nitrogens with two attached hydrogens (primary N) is 1. The van der Waals surface area contributed by atoms with Crippen molar-refractivity contribution in [2.75, 3.05) is 5.75 Å². The lowest BCUT2D eigenvalue weighted by Gasteiger charge is -2.18. The van der Waals surface area contributed by atoms with Gasteiger partial charge in [-0.25, -0.2) is 0 Å². The van der Waals surface area contributed by atoms with Crippen LogP contribution in [-0.4, -0.2) is 27.9 Å². The highest BCUT2D eigenvalue weighted by atomic mass is 32.2. The number of carboxylic acids is 1. The number of aromatic nitrogens is 1. The molecule has 0 amide bonds. The first kappa shape index (κ1) is 11.4. The van der Waals surface area contributed by atoms with Gasteiger partial charge in [-0.05, 0) is 29.4 Å². The molecule has 1 aliphatic heterocycles. The van der Waals surface area contributed by atoms with Crippen molar-refractivity contribution in [2.24, 2.45) is 11.7 Å². The number of aliphatic carboxylic acids is 1. The number of rotatable bonds is 3. The topological polar surface area (TPSA) is 76.2 Å². The van der Waals surface area contributed by atoms with Crippen LogP contribution in [0.15, 0.2) is 24.5 Å². The van der Waals surface area contributed by atoms with E-state index >= 15 is 0 Å². The van der Waals surface area contributed by atoms with E-state index in [-0.39, 0.29) is 23.6 Å². The van der Waals surface area contributed by atoms with Gasteiger partial charge >= 0.3 is 5.97 Å². The zero-order chi connectivity index (χ0) is 11.5. The molecule has 2 heterocycles. The predicted octanol–water partition coefficient (Wildman–Crippen LogP) is 1.29. The summed E-state index contributed by atoms with van der Waals surface area (Å²) < 4.78 is 0. The molecule has 3 unspecified atom stereocenters. The Hall–Kier alpha value is -1.07. The summed E-state index contributed by atoms with van der Waals surface area (Å²) in [7, 11) is 0. The quantitative estimate of drug-likeness (QED) is 0.829. The zero-order valence-corrected chi connectivity index (χ0v) is 9.56. The lowest BCUT2D eigenvalue weighted by atomic mass is 9.93. The molecule has 0 aliphatic carbocycles. The van der Waals surface area contributed by atoms with Crippen molar-refractivity contribution >= 4 is 17.7 Å². The minimum atomic E-state index is -0.767. The SMILES string of the molecule is NC1C(CC(=O)O)CSC1c1ccncc1. The minimum Gasteiger partial charge on any atom is -0.481 e. The molecule has 1 fully saturated rings. The summed E-state index contributed by atoms with van der Waals surface area (Å²) in [5.74, 6) is 0.123. The number of nitrogens with zero attached hydrogens (tertiary/aromatic N) is 1. The van der Waals surface area contributed by atoms with Gasteiger partial charge in [0.15, 0.2) is 0 Å². The molecule has 1 aromatic rings. The Labute approximate surface area is 98.3 Å². The molecular weight excluding hydrogens is 224 g/mol. The highest BCUT2D eigenvalue weighted by molar-refractivity contribution is 7.99. The third-order valence-electron chi connectivity index (χ3n) is 2.86. The van der Waals surface area contributed by atoms with E-state index in [1.807, 2.05) is 12.1 Å². The van der Waals surface area contributed by atoms with Crippen molar-refractivity contribution in [3.05, 3.63) is 30.1 Å². The second-order valence-electron chi connectivity index (χ2n) is 3.97. The van der Waals surface area contributed by atoms with Crippen molar-refractivity contribution in [3.63, 3.8) is 0 Å². The van der Waals surface area contributed by atoms with Crippen LogP contribution in [0.5, 0.6) is 0 Å². The molecule has 3 atom stereocenters. The average Bonchev–Trinajstić information content (AvgIpc) is 2.61. The van der Waals surface area contributed by atoms with Crippen molar-refractivity contribution in [1.82, 2.24) is 4.98 Å². The average molecular weight is 238 g/mol. The van der Waals surface area contributed by atoms with Crippen LogP contribution in [0.25, 0.3) is 0 Å². The summed E-state index contributed by atoms with van der Waals surface area (Å²) in [6.07, 6.45) is 3.65. The molecule has 0 bridgehead atoms. The summed E-state index contributed by atoms with van der Waals surface area (Å²) >= 11 is 1.74. The number of hydrogen-bond acceptors (Lipinski definition) is 4. The number of carbonyl (C=O) groups is 1. The number of carboxylic acid groups (broad SMARTS) is 1. The molecule has 0 spiro atoms. The molecule has 4 nitrogen and oxygen atoms in total. The highest BCUT2D eigenvalue weighted by Crippen LogP contribution is 2.43. The fraction of sp³-hybridized carbons (Fsp3) is 0.455. The van der Waals surface area contributed by atoms with Crippen LogP contribution in [0.2, 0.25) is 0 Å². The maximum Gasteiger partial charge on any atom is 0.303 e. The second kappa shape index (κ2) is 4.84. The number of pyridine rings is 1. The van der Waals surface area contributed by atoms with Crippen LogP contribution in [0.1, 0.15) is 17.2 Å². The van der Waals surface area contributed by atoms with E-state index in [1.54, 1.807) is 24.2 Å². The van der Waals surface area contributed by atoms with E-state index in [0.29, 0.717) is 0 Å². The molecule has 2 rings (SSSR count). The van der Waals surface area contributed by atoms with E-state index in [9.17, 15) is 4.79 Å². The second-order valence-corrected chi connectivity index (χ2v) is 5.14. The summed E-state index contributed by atoms with van der Waals surface area (Å²) in [5, 5.41) is 8.97. The van der Waals surface area contributed by atoms with Crippen LogP contribution in [0, 0.1) is 5.92 Å². The van der Waals surface area contributed by atoms with Crippen LogP contribution >= 0.6 is 11.8 Å². The van der Waals surface area contributed by atoms with Gasteiger partial charge in [-0.15, -0.1) is 0 Å². The van der Waals surface area contributed by atoms with Crippen LogP contribution in [0.4, 0.5) is 0 Å². The standard InChI is InChI=1S/C11H14N2O2S/c12-10-8(5-9(14)15)6-16-11(10)7-1-3-13-4-2-7/h1-4,8,10-11H,5-6,12H2,(H,14,15). The molecule has 0 radical (unpaired) electrons. The summed E-state index contributed by atoms with van der Waals surface area (Å²) in [4.78, 5) is 14.6. The first-order valence-corrected chi connectivity index (χ1v) is 6.22. The first-order valence-electron chi connectivity index (χ1n) is 5.17. The third kappa shape index (κ3) is 2.36. The molecule has 16 heavy (non-hydrogen) atoms. The normalized spacial score (nSPS) is 29.2. The number of thioether (sulfide) groups is 1. The fourth-order valence-electron chi connectivity index (χ4n) is 1.99. The van der Waals surface area contributed by atoms with Gasteiger partial charge in [0.25, 0.3) is 0 Å². The molecule has 86 valence electrons. The summed E-state index contributed by atoms with van der Waals surface area (Å²) in [5.41, 5.74) is 7.24. The van der Waals surface area contributed by atoms with Crippen LogP contribution in [-0.2, 0) is 4.79 Å². The smallest absolute Gasteiger partial charge is 0.303 e.